The van der Waals surface area contributed by atoms with E-state index in [-0.39, 0.29) is 0 Å². The van der Waals surface area contributed by atoms with E-state index in [1.807, 2.05) is 13.8 Å². The van der Waals surface area contributed by atoms with Gasteiger partial charge in [0.15, 0.2) is 0 Å². The molecule has 0 aromatic heterocycles. The third kappa shape index (κ3) is 2.67. The van der Waals surface area contributed by atoms with Gasteiger partial charge in [0.25, 0.3) is 0 Å². The van der Waals surface area contributed by atoms with Crippen molar-refractivity contribution in [3.8, 4) is 0 Å². The highest BCUT2D eigenvalue weighted by molar-refractivity contribution is 5.23. The van der Waals surface area contributed by atoms with Gasteiger partial charge in [-0.25, -0.2) is 0 Å². The smallest absolute Gasteiger partial charge is 0.0395 e. The van der Waals surface area contributed by atoms with Gasteiger partial charge in [-0.1, -0.05) is 38.1 Å². The number of hydrogen-bond donors (Lipinski definition) is 0. The van der Waals surface area contributed by atoms with E-state index < -0.39 is 0 Å². The first-order chi connectivity index (χ1) is 4.80. The van der Waals surface area contributed by atoms with Gasteiger partial charge in [-0.15, -0.1) is 0 Å². The first kappa shape index (κ1) is 9.22. The van der Waals surface area contributed by atoms with Crippen molar-refractivity contribution < 1.29 is 0 Å². The highest BCUT2D eigenvalue weighted by Crippen LogP contribution is 2.02. The molecule has 56 valence electrons. The lowest BCUT2D eigenvalue weighted by Gasteiger charge is -1.93. The molecule has 0 heterocycles. The Morgan fingerprint density at radius 1 is 0.800 bits per heavy atom. The molecule has 0 N–H and O–H groups in total. The zero-order chi connectivity index (χ0) is 7.98. The van der Waals surface area contributed by atoms with E-state index >= 15 is 0 Å². The second kappa shape index (κ2) is 5.04. The summed E-state index contributed by atoms with van der Waals surface area (Å²) in [6.45, 7) is 8.24. The van der Waals surface area contributed by atoms with E-state index in [0.717, 1.165) is 0 Å². The fraction of sp³-hybridized carbons (Fsp3) is 0.400. The van der Waals surface area contributed by atoms with Crippen molar-refractivity contribution in [1.82, 2.24) is 0 Å². The Balaban J connectivity index is 0.000000371. The molecule has 0 aliphatic carbocycles. The van der Waals surface area contributed by atoms with Crippen LogP contribution in [0.5, 0.6) is 0 Å². The maximum atomic E-state index is 2.12. The Morgan fingerprint density at radius 2 is 1.10 bits per heavy atom. The molecule has 0 nitrogen and oxygen atoms in total. The van der Waals surface area contributed by atoms with Crippen molar-refractivity contribution in [3.63, 3.8) is 0 Å². The summed E-state index contributed by atoms with van der Waals surface area (Å²) in [7, 11) is 0. The molecular weight excluding hydrogens is 120 g/mol. The van der Waals surface area contributed by atoms with Crippen molar-refractivity contribution in [2.75, 3.05) is 0 Å². The summed E-state index contributed by atoms with van der Waals surface area (Å²) in [6.07, 6.45) is 0. The molecule has 0 spiro atoms. The molecule has 0 atom stereocenters. The molecule has 0 saturated heterocycles. The molecule has 0 radical (unpaired) electrons. The summed E-state index contributed by atoms with van der Waals surface area (Å²) in [5.41, 5.74) is 2.74. The average molecular weight is 136 g/mol. The highest BCUT2D eigenvalue weighted by atomic mass is 13.9. The predicted molar refractivity (Wildman–Crippen MR) is 47.3 cm³/mol. The van der Waals surface area contributed by atoms with Gasteiger partial charge in [-0.2, -0.15) is 0 Å². The third-order valence-corrected chi connectivity index (χ3v) is 1.43. The van der Waals surface area contributed by atoms with E-state index in [9.17, 15) is 0 Å². The molecule has 0 aliphatic rings. The quantitative estimate of drug-likeness (QED) is 0.513. The van der Waals surface area contributed by atoms with Gasteiger partial charge < -0.3 is 0 Å². The number of aryl methyl sites for hydroxylation is 2. The predicted octanol–water partition coefficient (Wildman–Crippen LogP) is 3.33. The summed E-state index contributed by atoms with van der Waals surface area (Å²) < 4.78 is 0. The maximum Gasteiger partial charge on any atom is -0.0395 e. The first-order valence-electron chi connectivity index (χ1n) is 3.83. The Hall–Kier alpha value is -0.780. The zero-order valence-corrected chi connectivity index (χ0v) is 7.31. The van der Waals surface area contributed by atoms with E-state index in [1.165, 1.54) is 11.1 Å². The summed E-state index contributed by atoms with van der Waals surface area (Å²) in [5.74, 6) is 0. The van der Waals surface area contributed by atoms with Gasteiger partial charge in [-0.05, 0) is 25.0 Å². The van der Waals surface area contributed by atoms with Crippen LogP contribution in [-0.4, -0.2) is 0 Å². The van der Waals surface area contributed by atoms with Crippen LogP contribution in [0.1, 0.15) is 25.0 Å². The van der Waals surface area contributed by atoms with Gasteiger partial charge in [-0.3, -0.25) is 0 Å². The van der Waals surface area contributed by atoms with Gasteiger partial charge in [0.2, 0.25) is 0 Å². The lowest BCUT2D eigenvalue weighted by Crippen LogP contribution is -1.74. The van der Waals surface area contributed by atoms with Gasteiger partial charge >= 0.3 is 0 Å². The van der Waals surface area contributed by atoms with Crippen LogP contribution in [0.25, 0.3) is 0 Å². The van der Waals surface area contributed by atoms with Crippen LogP contribution in [0.4, 0.5) is 0 Å². The van der Waals surface area contributed by atoms with Crippen LogP contribution in [0.3, 0.4) is 0 Å². The molecule has 0 unspecified atom stereocenters. The third-order valence-electron chi connectivity index (χ3n) is 1.43. The Kier molecular flexibility index (Phi) is 4.65. The molecular formula is C10H16. The Labute approximate surface area is 63.9 Å². The largest absolute Gasteiger partial charge is 0.0683 e. The summed E-state index contributed by atoms with van der Waals surface area (Å²) in [4.78, 5) is 0. The minimum atomic E-state index is 1.37. The van der Waals surface area contributed by atoms with Gasteiger partial charge in [0.1, 0.15) is 0 Å². The second-order valence-electron chi connectivity index (χ2n) is 2.08. The fourth-order valence-electron chi connectivity index (χ4n) is 0.663. The molecule has 10 heavy (non-hydrogen) atoms. The van der Waals surface area contributed by atoms with Crippen molar-refractivity contribution in [2.24, 2.45) is 0 Å². The van der Waals surface area contributed by atoms with Crippen LogP contribution in [0.2, 0.25) is 0 Å². The van der Waals surface area contributed by atoms with Crippen molar-refractivity contribution in [3.05, 3.63) is 35.4 Å². The minimum Gasteiger partial charge on any atom is -0.0683 e. The lowest BCUT2D eigenvalue weighted by molar-refractivity contribution is 1.34. The molecule has 0 saturated carbocycles. The molecule has 0 heteroatoms. The normalized spacial score (nSPS) is 8.00. The number of benzene rings is 1. The van der Waals surface area contributed by atoms with Crippen LogP contribution >= 0.6 is 0 Å². The topological polar surface area (TPSA) is 0 Å². The molecule has 1 rings (SSSR count). The van der Waals surface area contributed by atoms with E-state index in [2.05, 4.69) is 38.1 Å². The molecule has 0 amide bonds. The Bertz CT molecular complexity index is 156. The standard InChI is InChI=1S/C8H10.C2H6/c1-7-5-3-4-6-8(7)2;1-2/h3-6H,1-2H3;1-2H3. The van der Waals surface area contributed by atoms with Crippen molar-refractivity contribution >= 4 is 0 Å². The molecule has 0 bridgehead atoms. The SMILES string of the molecule is CC.Cc1ccccc1C. The molecule has 1 aromatic carbocycles. The van der Waals surface area contributed by atoms with Gasteiger partial charge in [0.05, 0.1) is 0 Å². The van der Waals surface area contributed by atoms with Crippen LogP contribution in [-0.2, 0) is 0 Å². The highest BCUT2D eigenvalue weighted by Gasteiger charge is 1.83. The van der Waals surface area contributed by atoms with E-state index in [1.54, 1.807) is 0 Å². The summed E-state index contributed by atoms with van der Waals surface area (Å²) >= 11 is 0. The van der Waals surface area contributed by atoms with Gasteiger partial charge in [0, 0.05) is 0 Å². The fourth-order valence-corrected chi connectivity index (χ4v) is 0.663. The van der Waals surface area contributed by atoms with E-state index in [0.29, 0.717) is 0 Å². The zero-order valence-electron chi connectivity index (χ0n) is 7.31. The first-order valence-corrected chi connectivity index (χ1v) is 3.83. The average Bonchev–Trinajstić information content (AvgIpc) is 2.00. The maximum absolute atomic E-state index is 2.12. The van der Waals surface area contributed by atoms with Crippen molar-refractivity contribution in [2.45, 2.75) is 27.7 Å². The monoisotopic (exact) mass is 136 g/mol. The minimum absolute atomic E-state index is 1.37. The molecule has 0 aliphatic heterocycles. The van der Waals surface area contributed by atoms with Crippen LogP contribution in [0, 0.1) is 13.8 Å². The summed E-state index contributed by atoms with van der Waals surface area (Å²) in [5, 5.41) is 0. The lowest BCUT2D eigenvalue weighted by atomic mass is 10.1. The number of hydrogen-bond acceptors (Lipinski definition) is 0. The second-order valence-corrected chi connectivity index (χ2v) is 2.08. The van der Waals surface area contributed by atoms with Crippen LogP contribution < -0.4 is 0 Å². The Morgan fingerprint density at radius 3 is 1.30 bits per heavy atom. The van der Waals surface area contributed by atoms with Crippen LogP contribution in [0.15, 0.2) is 24.3 Å². The van der Waals surface area contributed by atoms with E-state index in [4.69, 9.17) is 0 Å². The number of rotatable bonds is 0. The molecule has 1 aromatic rings. The summed E-state index contributed by atoms with van der Waals surface area (Å²) in [6, 6.07) is 8.36. The van der Waals surface area contributed by atoms with Crippen molar-refractivity contribution in [1.29, 1.82) is 0 Å². The molecule has 0 fully saturated rings.